The van der Waals surface area contributed by atoms with Gasteiger partial charge in [0, 0.05) is 28.7 Å². The van der Waals surface area contributed by atoms with E-state index in [1.807, 2.05) is 38.3 Å². The molecule has 6 nitrogen and oxygen atoms in total. The van der Waals surface area contributed by atoms with Gasteiger partial charge in [-0.2, -0.15) is 4.98 Å². The smallest absolute Gasteiger partial charge is 0.291 e. The number of hydrogen-bond donors (Lipinski definition) is 1. The first kappa shape index (κ1) is 14.6. The third-order valence-electron chi connectivity index (χ3n) is 3.29. The van der Waals surface area contributed by atoms with E-state index in [1.165, 1.54) is 4.88 Å². The number of aromatic nitrogens is 4. The molecule has 0 radical (unpaired) electrons. The van der Waals surface area contributed by atoms with E-state index in [0.29, 0.717) is 5.78 Å². The molecule has 3 rings (SSSR count). The fraction of sp³-hybridized carbons (Fsp3) is 0.333. The number of fused-ring (bicyclic) bond motifs is 1. The van der Waals surface area contributed by atoms with Crippen LogP contribution in [0.3, 0.4) is 0 Å². The Morgan fingerprint density at radius 3 is 2.95 bits per heavy atom. The van der Waals surface area contributed by atoms with Crippen molar-refractivity contribution in [2.75, 3.05) is 0 Å². The molecular formula is C15H17N5OS. The van der Waals surface area contributed by atoms with Gasteiger partial charge in [-0.3, -0.25) is 4.79 Å². The van der Waals surface area contributed by atoms with Crippen LogP contribution in [0.25, 0.3) is 5.78 Å². The highest BCUT2D eigenvalue weighted by Crippen LogP contribution is 2.11. The number of carbonyl (C=O) groups is 1. The molecule has 0 unspecified atom stereocenters. The van der Waals surface area contributed by atoms with E-state index in [0.717, 1.165) is 17.8 Å². The van der Waals surface area contributed by atoms with Crippen molar-refractivity contribution in [3.63, 3.8) is 0 Å². The SMILES string of the molecule is Cc1cc(C)n2nc(C(=O)N[C@@H](C)Cc3cccs3)nc2n1. The molecule has 3 heterocycles. The van der Waals surface area contributed by atoms with Crippen molar-refractivity contribution in [2.45, 2.75) is 33.2 Å². The van der Waals surface area contributed by atoms with Crippen LogP contribution in [0.2, 0.25) is 0 Å². The Morgan fingerprint density at radius 1 is 1.41 bits per heavy atom. The van der Waals surface area contributed by atoms with E-state index in [9.17, 15) is 4.79 Å². The third-order valence-corrected chi connectivity index (χ3v) is 4.19. The van der Waals surface area contributed by atoms with Gasteiger partial charge in [-0.1, -0.05) is 6.07 Å². The number of amides is 1. The third kappa shape index (κ3) is 2.99. The zero-order chi connectivity index (χ0) is 15.7. The molecule has 0 aromatic carbocycles. The Morgan fingerprint density at radius 2 is 2.23 bits per heavy atom. The molecule has 0 aliphatic carbocycles. The van der Waals surface area contributed by atoms with Crippen molar-refractivity contribution in [1.82, 2.24) is 24.9 Å². The van der Waals surface area contributed by atoms with Gasteiger partial charge in [-0.25, -0.2) is 9.50 Å². The van der Waals surface area contributed by atoms with E-state index < -0.39 is 0 Å². The zero-order valence-corrected chi connectivity index (χ0v) is 13.5. The topological polar surface area (TPSA) is 72.2 Å². The van der Waals surface area contributed by atoms with Gasteiger partial charge in [0.2, 0.25) is 5.82 Å². The summed E-state index contributed by atoms with van der Waals surface area (Å²) >= 11 is 1.68. The van der Waals surface area contributed by atoms with Crippen LogP contribution < -0.4 is 5.32 Å². The lowest BCUT2D eigenvalue weighted by Gasteiger charge is -2.10. The molecule has 3 aromatic heterocycles. The van der Waals surface area contributed by atoms with E-state index in [2.05, 4.69) is 26.4 Å². The van der Waals surface area contributed by atoms with Crippen LogP contribution in [0.15, 0.2) is 23.6 Å². The molecule has 3 aromatic rings. The van der Waals surface area contributed by atoms with Crippen LogP contribution >= 0.6 is 11.3 Å². The number of hydrogen-bond acceptors (Lipinski definition) is 5. The van der Waals surface area contributed by atoms with Crippen molar-refractivity contribution in [3.8, 4) is 0 Å². The zero-order valence-electron chi connectivity index (χ0n) is 12.7. The molecule has 0 saturated heterocycles. The summed E-state index contributed by atoms with van der Waals surface area (Å²) in [6, 6.07) is 6.00. The van der Waals surface area contributed by atoms with Crippen molar-refractivity contribution in [1.29, 1.82) is 0 Å². The van der Waals surface area contributed by atoms with Crippen LogP contribution in [0, 0.1) is 13.8 Å². The maximum atomic E-state index is 12.3. The van der Waals surface area contributed by atoms with Crippen molar-refractivity contribution < 1.29 is 4.79 Å². The number of carbonyl (C=O) groups excluding carboxylic acids is 1. The van der Waals surface area contributed by atoms with Gasteiger partial charge in [0.25, 0.3) is 11.7 Å². The molecule has 0 aliphatic rings. The van der Waals surface area contributed by atoms with Gasteiger partial charge in [-0.05, 0) is 38.3 Å². The Balaban J connectivity index is 1.76. The average Bonchev–Trinajstić information content (AvgIpc) is 3.07. The minimum absolute atomic E-state index is 0.0218. The number of aryl methyl sites for hydroxylation is 2. The number of thiophene rings is 1. The molecule has 1 atom stereocenters. The van der Waals surface area contributed by atoms with E-state index >= 15 is 0 Å². The highest BCUT2D eigenvalue weighted by molar-refractivity contribution is 7.09. The lowest BCUT2D eigenvalue weighted by atomic mass is 10.2. The Bertz CT molecular complexity index is 809. The largest absolute Gasteiger partial charge is 0.346 e. The standard InChI is InChI=1S/C15H17N5OS/c1-9-7-11(3)20-15(17-9)18-13(19-20)14(21)16-10(2)8-12-5-4-6-22-12/h4-7,10H,8H2,1-3H3,(H,16,21)/t10-/m0/s1. The summed E-state index contributed by atoms with van der Waals surface area (Å²) in [4.78, 5) is 22.0. The summed E-state index contributed by atoms with van der Waals surface area (Å²) < 4.78 is 1.59. The molecule has 1 amide bonds. The van der Waals surface area contributed by atoms with Crippen molar-refractivity contribution in [3.05, 3.63) is 45.7 Å². The van der Waals surface area contributed by atoms with Gasteiger partial charge in [-0.15, -0.1) is 16.4 Å². The Kier molecular flexibility index (Phi) is 3.89. The number of nitrogens with zero attached hydrogens (tertiary/aromatic N) is 4. The predicted molar refractivity (Wildman–Crippen MR) is 85.2 cm³/mol. The highest BCUT2D eigenvalue weighted by Gasteiger charge is 2.17. The summed E-state index contributed by atoms with van der Waals surface area (Å²) in [5.74, 6) is 0.333. The summed E-state index contributed by atoms with van der Waals surface area (Å²) in [5, 5.41) is 9.20. The van der Waals surface area contributed by atoms with E-state index in [1.54, 1.807) is 15.9 Å². The average molecular weight is 315 g/mol. The monoisotopic (exact) mass is 315 g/mol. The molecular weight excluding hydrogens is 298 g/mol. The minimum Gasteiger partial charge on any atom is -0.346 e. The highest BCUT2D eigenvalue weighted by atomic mass is 32.1. The van der Waals surface area contributed by atoms with Crippen LogP contribution in [-0.2, 0) is 6.42 Å². The minimum atomic E-state index is -0.272. The molecule has 0 saturated carbocycles. The van der Waals surface area contributed by atoms with Crippen molar-refractivity contribution >= 4 is 23.0 Å². The summed E-state index contributed by atoms with van der Waals surface area (Å²) in [6.45, 7) is 5.78. The first-order chi connectivity index (χ1) is 10.5. The molecule has 0 spiro atoms. The molecule has 22 heavy (non-hydrogen) atoms. The molecule has 0 fully saturated rings. The van der Waals surface area contributed by atoms with E-state index in [-0.39, 0.29) is 17.8 Å². The Hall–Kier alpha value is -2.28. The first-order valence-corrected chi connectivity index (χ1v) is 7.95. The summed E-state index contributed by atoms with van der Waals surface area (Å²) in [6.07, 6.45) is 0.799. The number of nitrogens with one attached hydrogen (secondary N) is 1. The second-order valence-electron chi connectivity index (χ2n) is 5.34. The maximum absolute atomic E-state index is 12.3. The fourth-order valence-corrected chi connectivity index (χ4v) is 3.17. The maximum Gasteiger partial charge on any atom is 0.291 e. The fourth-order valence-electron chi connectivity index (χ4n) is 2.33. The molecule has 1 N–H and O–H groups in total. The van der Waals surface area contributed by atoms with Gasteiger partial charge in [0.1, 0.15) is 0 Å². The van der Waals surface area contributed by atoms with Crippen LogP contribution in [0.5, 0.6) is 0 Å². The van der Waals surface area contributed by atoms with Gasteiger partial charge < -0.3 is 5.32 Å². The Labute approximate surface area is 132 Å². The second kappa shape index (κ2) is 5.84. The van der Waals surface area contributed by atoms with Crippen molar-refractivity contribution in [2.24, 2.45) is 0 Å². The van der Waals surface area contributed by atoms with Gasteiger partial charge in [0.05, 0.1) is 0 Å². The second-order valence-corrected chi connectivity index (χ2v) is 6.38. The molecule has 0 aliphatic heterocycles. The predicted octanol–water partition coefficient (Wildman–Crippen LogP) is 2.16. The van der Waals surface area contributed by atoms with Crippen LogP contribution in [0.1, 0.15) is 33.8 Å². The number of rotatable bonds is 4. The summed E-state index contributed by atoms with van der Waals surface area (Å²) in [7, 11) is 0. The molecule has 0 bridgehead atoms. The summed E-state index contributed by atoms with van der Waals surface area (Å²) in [5.41, 5.74) is 1.76. The van der Waals surface area contributed by atoms with E-state index in [4.69, 9.17) is 0 Å². The lowest BCUT2D eigenvalue weighted by molar-refractivity contribution is 0.0930. The molecule has 7 heteroatoms. The van der Waals surface area contributed by atoms with Gasteiger partial charge >= 0.3 is 0 Å². The quantitative estimate of drug-likeness (QED) is 0.801. The first-order valence-electron chi connectivity index (χ1n) is 7.07. The van der Waals surface area contributed by atoms with Gasteiger partial charge in [0.15, 0.2) is 0 Å². The lowest BCUT2D eigenvalue weighted by Crippen LogP contribution is -2.34. The molecule has 114 valence electrons. The van der Waals surface area contributed by atoms with Crippen LogP contribution in [0.4, 0.5) is 0 Å². The van der Waals surface area contributed by atoms with Crippen LogP contribution in [-0.4, -0.2) is 31.5 Å². The normalized spacial score (nSPS) is 12.5.